The number of hydrogen-bond donors (Lipinski definition) is 0. The minimum Gasteiger partial charge on any atom is -0.468 e. The molecule has 0 amide bonds. The number of carbonyl (C=O) groups is 3. The topological polar surface area (TPSA) is 101 Å². The lowest BCUT2D eigenvalue weighted by Gasteiger charge is -2.40. The maximum atomic E-state index is 13.1. The molecule has 0 unspecified atom stereocenters. The molecular weight excluding hydrogens is 582 g/mol. The molecule has 0 aliphatic heterocycles. The first-order valence-electron chi connectivity index (χ1n) is 12.9. The number of alkyl halides is 1. The average Bonchev–Trinajstić information content (AvgIpc) is 3.55. The molecule has 1 heterocycles. The molecule has 0 aromatic carbocycles. The number of carbonyl (C=O) groups excluding carboxylic acids is 3. The summed E-state index contributed by atoms with van der Waals surface area (Å²) >= 11 is 3.38. The number of esters is 3. The summed E-state index contributed by atoms with van der Waals surface area (Å²) in [7, 11) is 1.58. The van der Waals surface area contributed by atoms with E-state index < -0.39 is 36.7 Å². The average molecular weight is 625 g/mol. The van der Waals surface area contributed by atoms with E-state index in [4.69, 9.17) is 18.6 Å². The van der Waals surface area contributed by atoms with Crippen LogP contribution in [0.4, 0.5) is 0 Å². The molecule has 0 radical (unpaired) electrons. The van der Waals surface area contributed by atoms with Crippen molar-refractivity contribution < 1.29 is 33.0 Å². The van der Waals surface area contributed by atoms with Crippen LogP contribution < -0.4 is 0 Å². The molecule has 0 saturated heterocycles. The lowest BCUT2D eigenvalue weighted by atomic mass is 9.79. The second-order valence-corrected chi connectivity index (χ2v) is 16.9. The molecule has 2 rings (SSSR count). The lowest BCUT2D eigenvalue weighted by Crippen LogP contribution is -2.47. The van der Waals surface area contributed by atoms with Gasteiger partial charge in [0.15, 0.2) is 13.7 Å². The Balaban J connectivity index is 2.40. The molecule has 0 N–H and O–H groups in total. The molecule has 2 atom stereocenters. The third kappa shape index (κ3) is 6.54. The molecule has 1 fully saturated rings. The van der Waals surface area contributed by atoms with Gasteiger partial charge in [0.05, 0.1) is 32.6 Å². The number of halogens is 1. The Kier molecular flexibility index (Phi) is 10.5. The number of allylic oxidation sites excluding steroid dienone is 2. The van der Waals surface area contributed by atoms with E-state index in [1.165, 1.54) is 21.3 Å². The van der Waals surface area contributed by atoms with Crippen LogP contribution in [0.25, 0.3) is 0 Å². The summed E-state index contributed by atoms with van der Waals surface area (Å²) in [6.45, 7) is 14.7. The highest BCUT2D eigenvalue weighted by atomic mass is 79.9. The van der Waals surface area contributed by atoms with E-state index in [-0.39, 0.29) is 30.3 Å². The molecule has 1 aliphatic rings. The number of methoxy groups -OCH3 is 3. The maximum Gasteiger partial charge on any atom is 0.323 e. The van der Waals surface area contributed by atoms with Crippen LogP contribution in [0, 0.1) is 10.8 Å². The van der Waals surface area contributed by atoms with E-state index in [2.05, 4.69) is 61.4 Å². The van der Waals surface area contributed by atoms with Gasteiger partial charge >= 0.3 is 17.9 Å². The summed E-state index contributed by atoms with van der Waals surface area (Å²) in [5.41, 5.74) is -2.12. The van der Waals surface area contributed by atoms with E-state index in [1.54, 1.807) is 24.3 Å². The molecule has 1 saturated carbocycles. The van der Waals surface area contributed by atoms with Crippen LogP contribution in [0.2, 0.25) is 18.1 Å². The van der Waals surface area contributed by atoms with Crippen molar-refractivity contribution in [3.05, 3.63) is 54.4 Å². The predicted octanol–water partition coefficient (Wildman–Crippen LogP) is 5.70. The third-order valence-corrected chi connectivity index (χ3v) is 13.2. The minimum absolute atomic E-state index is 0.00595. The van der Waals surface area contributed by atoms with Crippen molar-refractivity contribution in [1.82, 2.24) is 4.98 Å². The minimum atomic E-state index is -2.25. The smallest absolute Gasteiger partial charge is 0.323 e. The summed E-state index contributed by atoms with van der Waals surface area (Å²) in [6, 6.07) is 5.41. The zero-order valence-electron chi connectivity index (χ0n) is 24.4. The molecule has 39 heavy (non-hydrogen) atoms. The number of rotatable bonds is 13. The van der Waals surface area contributed by atoms with Gasteiger partial charge in [-0.2, -0.15) is 0 Å². The molecule has 10 heteroatoms. The van der Waals surface area contributed by atoms with Gasteiger partial charge in [-0.05, 0) is 49.5 Å². The maximum absolute atomic E-state index is 13.1. The van der Waals surface area contributed by atoms with Gasteiger partial charge in [0.25, 0.3) is 0 Å². The number of pyridine rings is 1. The Morgan fingerprint density at radius 1 is 1.05 bits per heavy atom. The summed E-state index contributed by atoms with van der Waals surface area (Å²) in [5, 5.41) is 0.464. The van der Waals surface area contributed by atoms with Crippen LogP contribution in [0.1, 0.15) is 51.4 Å². The van der Waals surface area contributed by atoms with Crippen molar-refractivity contribution in [1.29, 1.82) is 0 Å². The van der Waals surface area contributed by atoms with Gasteiger partial charge in [-0.3, -0.25) is 19.4 Å². The van der Waals surface area contributed by atoms with Crippen molar-refractivity contribution >= 4 is 42.2 Å². The lowest BCUT2D eigenvalue weighted by molar-refractivity contribution is -0.169. The van der Waals surface area contributed by atoms with Crippen LogP contribution in [0.15, 0.2) is 43.0 Å². The fourth-order valence-corrected chi connectivity index (χ4v) is 6.54. The van der Waals surface area contributed by atoms with Crippen molar-refractivity contribution in [2.45, 2.75) is 75.5 Å². The van der Waals surface area contributed by atoms with Crippen LogP contribution in [0.5, 0.6) is 0 Å². The molecule has 0 spiro atoms. The molecule has 1 aromatic rings. The van der Waals surface area contributed by atoms with Crippen molar-refractivity contribution in [2.24, 2.45) is 10.8 Å². The SMILES string of the molecule is C=C[C@@]1(O[Si](C)(C)C(C)(C)C)C[C@@]1(C/C=C/CC(Cc1cccc(CBr)n1)(C(=O)OC)C(=O)OC)C(=O)OC. The highest BCUT2D eigenvalue weighted by molar-refractivity contribution is 9.08. The van der Waals surface area contributed by atoms with Gasteiger partial charge in [-0.15, -0.1) is 6.58 Å². The standard InChI is InChI=1S/C29H42BrNO7Si/c1-10-29(38-39(8,9)26(2,3)4)20-28(29,25(34)37-7)17-12-11-16-27(23(32)35-5,24(33)36-6)18-21-14-13-15-22(19-30)31-21/h10-15H,1,16-20H2,2-9H3/b12-11+/t28-,29+/m0/s1. The summed E-state index contributed by atoms with van der Waals surface area (Å²) in [6.07, 6.45) is 5.93. The van der Waals surface area contributed by atoms with Crippen LogP contribution in [-0.4, -0.2) is 58.1 Å². The first-order valence-corrected chi connectivity index (χ1v) is 16.9. The van der Waals surface area contributed by atoms with Gasteiger partial charge in [-0.25, -0.2) is 0 Å². The Labute approximate surface area is 241 Å². The third-order valence-electron chi connectivity index (χ3n) is 8.13. The monoisotopic (exact) mass is 623 g/mol. The fraction of sp³-hybridized carbons (Fsp3) is 0.586. The van der Waals surface area contributed by atoms with E-state index in [9.17, 15) is 14.4 Å². The van der Waals surface area contributed by atoms with Gasteiger partial charge in [0.2, 0.25) is 0 Å². The summed E-state index contributed by atoms with van der Waals surface area (Å²) in [4.78, 5) is 43.7. The highest BCUT2D eigenvalue weighted by Gasteiger charge is 2.73. The number of ether oxygens (including phenoxy) is 3. The van der Waals surface area contributed by atoms with Crippen LogP contribution in [0.3, 0.4) is 0 Å². The van der Waals surface area contributed by atoms with Crippen LogP contribution in [-0.2, 0) is 44.8 Å². The Morgan fingerprint density at radius 2 is 1.64 bits per heavy atom. The molecule has 1 aromatic heterocycles. The largest absolute Gasteiger partial charge is 0.468 e. The normalized spacial score (nSPS) is 21.4. The van der Waals surface area contributed by atoms with Crippen molar-refractivity contribution in [2.75, 3.05) is 21.3 Å². The van der Waals surface area contributed by atoms with Crippen molar-refractivity contribution in [3.63, 3.8) is 0 Å². The molecule has 216 valence electrons. The van der Waals surface area contributed by atoms with Gasteiger partial charge in [-0.1, -0.05) is 61.0 Å². The Bertz CT molecular complexity index is 1100. The first kappa shape index (κ1) is 32.9. The number of hydrogen-bond acceptors (Lipinski definition) is 8. The second kappa shape index (κ2) is 12.5. The zero-order valence-corrected chi connectivity index (χ0v) is 27.0. The fourth-order valence-electron chi connectivity index (χ4n) is 4.66. The van der Waals surface area contributed by atoms with E-state index in [0.29, 0.717) is 17.4 Å². The number of nitrogens with zero attached hydrogens (tertiary/aromatic N) is 1. The van der Waals surface area contributed by atoms with E-state index in [1.807, 2.05) is 12.1 Å². The van der Waals surface area contributed by atoms with Gasteiger partial charge < -0.3 is 18.6 Å². The second-order valence-electron chi connectivity index (χ2n) is 11.6. The van der Waals surface area contributed by atoms with Gasteiger partial charge in [0, 0.05) is 17.4 Å². The molecule has 1 aliphatic carbocycles. The number of aromatic nitrogens is 1. The quantitative estimate of drug-likeness (QED) is 0.0689. The molecule has 8 nitrogen and oxygen atoms in total. The molecule has 0 bridgehead atoms. The molecular formula is C29H42BrNO7Si. The van der Waals surface area contributed by atoms with Gasteiger partial charge in [0.1, 0.15) is 5.41 Å². The zero-order chi connectivity index (χ0) is 29.7. The summed E-state index contributed by atoms with van der Waals surface area (Å²) < 4.78 is 22.0. The highest BCUT2D eigenvalue weighted by Crippen LogP contribution is 2.65. The van der Waals surface area contributed by atoms with Crippen LogP contribution >= 0.6 is 15.9 Å². The Morgan fingerprint density at radius 3 is 2.13 bits per heavy atom. The Hall–Kier alpha value is -2.30. The van der Waals surface area contributed by atoms with E-state index in [0.717, 1.165) is 5.69 Å². The van der Waals surface area contributed by atoms with E-state index >= 15 is 0 Å². The summed E-state index contributed by atoms with van der Waals surface area (Å²) in [5.74, 6) is -1.82. The predicted molar refractivity (Wildman–Crippen MR) is 156 cm³/mol. The van der Waals surface area contributed by atoms with Crippen molar-refractivity contribution in [3.8, 4) is 0 Å². The first-order chi connectivity index (χ1) is 18.1.